The molecule has 40 heavy (non-hydrogen) atoms. The van der Waals surface area contributed by atoms with Crippen LogP contribution in [-0.4, -0.2) is 54.7 Å². The summed E-state index contributed by atoms with van der Waals surface area (Å²) in [5.74, 6) is -5.50. The van der Waals surface area contributed by atoms with Gasteiger partial charge in [0.1, 0.15) is 22.6 Å². The first-order chi connectivity index (χ1) is 18.7. The van der Waals surface area contributed by atoms with E-state index in [1.165, 1.54) is 29.3 Å². The van der Waals surface area contributed by atoms with E-state index in [2.05, 4.69) is 28.9 Å². The number of sulfone groups is 1. The topological polar surface area (TPSA) is 96.8 Å². The zero-order valence-electron chi connectivity index (χ0n) is 21.5. The molecular formula is C26H27F5N2O5S2. The van der Waals surface area contributed by atoms with Gasteiger partial charge in [-0.3, -0.25) is 4.90 Å². The maximum absolute atomic E-state index is 15.0. The lowest BCUT2D eigenvalue weighted by molar-refractivity contribution is -0.192. The van der Waals surface area contributed by atoms with Gasteiger partial charge in [-0.25, -0.2) is 27.0 Å². The minimum Gasteiger partial charge on any atom is -0.490 e. The van der Waals surface area contributed by atoms with Gasteiger partial charge >= 0.3 is 12.1 Å². The second kappa shape index (κ2) is 13.0. The summed E-state index contributed by atoms with van der Waals surface area (Å²) in [5, 5.41) is 8.67. The molecule has 7 nitrogen and oxygen atoms in total. The standard InChI is InChI=1S/C24H26F2N2O3S2.C2HF3O2/c1-16-22(12-21(25)24(23(16)26)33(29,30)14-19-13-32-15-27-19)31-20-8-10-28(11-9-20)17(2)18-6-4-3-5-7-18;3-2(4,5)1(6)7/h3-7,12-13,15,17,20H,8-11,14H2,1-2H3;(H,6,7)/t17-;/m1./s1. The number of hydrogen-bond donors (Lipinski definition) is 1. The first kappa shape index (κ1) is 31.4. The molecule has 14 heteroatoms. The van der Waals surface area contributed by atoms with Crippen molar-refractivity contribution in [3.05, 3.63) is 75.7 Å². The van der Waals surface area contributed by atoms with Crippen molar-refractivity contribution in [2.75, 3.05) is 13.1 Å². The molecule has 0 saturated carbocycles. The van der Waals surface area contributed by atoms with E-state index in [0.29, 0.717) is 12.8 Å². The number of piperidine rings is 1. The maximum Gasteiger partial charge on any atom is 0.490 e. The molecule has 0 bridgehead atoms. The van der Waals surface area contributed by atoms with Gasteiger partial charge < -0.3 is 9.84 Å². The van der Waals surface area contributed by atoms with E-state index in [1.54, 1.807) is 5.38 Å². The SMILES string of the molecule is Cc1c(OC2CCN([C@H](C)c3ccccc3)CC2)cc(F)c(S(=O)(=O)Cc2cscn2)c1F.O=C(O)C(F)(F)F. The molecule has 218 valence electrons. The van der Waals surface area contributed by atoms with Crippen LogP contribution in [-0.2, 0) is 20.4 Å². The predicted molar refractivity (Wildman–Crippen MR) is 138 cm³/mol. The number of alkyl halides is 3. The van der Waals surface area contributed by atoms with E-state index in [4.69, 9.17) is 14.6 Å². The molecule has 2 aromatic carbocycles. The molecule has 0 aliphatic carbocycles. The zero-order chi connectivity index (χ0) is 29.7. The lowest BCUT2D eigenvalue weighted by Gasteiger charge is -2.36. The fourth-order valence-corrected chi connectivity index (χ4v) is 6.30. The van der Waals surface area contributed by atoms with Crippen LogP contribution in [0.15, 0.2) is 52.2 Å². The lowest BCUT2D eigenvalue weighted by atomic mass is 10.0. The second-order valence-electron chi connectivity index (χ2n) is 9.11. The van der Waals surface area contributed by atoms with Crippen molar-refractivity contribution in [2.24, 2.45) is 0 Å². The highest BCUT2D eigenvalue weighted by molar-refractivity contribution is 7.90. The van der Waals surface area contributed by atoms with Crippen molar-refractivity contribution in [2.45, 2.75) is 55.7 Å². The monoisotopic (exact) mass is 606 g/mol. The van der Waals surface area contributed by atoms with Crippen molar-refractivity contribution >= 4 is 27.1 Å². The Morgan fingerprint density at radius 2 is 1.80 bits per heavy atom. The molecule has 1 atom stereocenters. The molecule has 1 fully saturated rings. The Kier molecular flexibility index (Phi) is 10.2. The molecular weight excluding hydrogens is 579 g/mol. The second-order valence-corrected chi connectivity index (χ2v) is 11.8. The number of carboxylic acid groups (broad SMARTS) is 1. The third-order valence-corrected chi connectivity index (χ3v) is 8.66. The van der Waals surface area contributed by atoms with Crippen LogP contribution in [0.2, 0.25) is 0 Å². The molecule has 4 rings (SSSR count). The molecule has 0 radical (unpaired) electrons. The number of halogens is 5. The third-order valence-electron chi connectivity index (χ3n) is 6.35. The third kappa shape index (κ3) is 7.98. The smallest absolute Gasteiger partial charge is 0.490 e. The number of aliphatic carboxylic acids is 1. The number of ether oxygens (including phenoxy) is 1. The molecule has 1 aromatic heterocycles. The van der Waals surface area contributed by atoms with Gasteiger partial charge in [0.05, 0.1) is 17.0 Å². The molecule has 0 amide bonds. The number of benzene rings is 2. The Labute approximate surface area is 232 Å². The largest absolute Gasteiger partial charge is 0.490 e. The van der Waals surface area contributed by atoms with E-state index in [9.17, 15) is 26.0 Å². The highest BCUT2D eigenvalue weighted by Gasteiger charge is 2.38. The van der Waals surface area contributed by atoms with Crippen LogP contribution in [0.3, 0.4) is 0 Å². The van der Waals surface area contributed by atoms with Crippen molar-refractivity contribution in [3.8, 4) is 5.75 Å². The van der Waals surface area contributed by atoms with Crippen LogP contribution in [0.5, 0.6) is 5.75 Å². The summed E-state index contributed by atoms with van der Waals surface area (Å²) in [5.41, 5.74) is 2.97. The Bertz CT molecular complexity index is 1390. The Morgan fingerprint density at radius 3 is 2.33 bits per heavy atom. The van der Waals surface area contributed by atoms with Crippen LogP contribution in [0.1, 0.15) is 42.6 Å². The van der Waals surface area contributed by atoms with Gasteiger partial charge in [0.25, 0.3) is 0 Å². The Balaban J connectivity index is 0.000000559. The van der Waals surface area contributed by atoms with E-state index in [-0.39, 0.29) is 29.2 Å². The molecule has 0 unspecified atom stereocenters. The maximum atomic E-state index is 15.0. The minimum atomic E-state index is -5.08. The first-order valence-corrected chi connectivity index (χ1v) is 14.6. The Hall–Kier alpha value is -3.10. The van der Waals surface area contributed by atoms with Gasteiger partial charge in [-0.15, -0.1) is 11.3 Å². The van der Waals surface area contributed by atoms with E-state index < -0.39 is 44.3 Å². The van der Waals surface area contributed by atoms with Crippen molar-refractivity contribution in [3.63, 3.8) is 0 Å². The molecule has 0 spiro atoms. The summed E-state index contributed by atoms with van der Waals surface area (Å²) in [6.07, 6.45) is -3.85. The normalized spacial score (nSPS) is 15.7. The van der Waals surface area contributed by atoms with Gasteiger partial charge in [-0.2, -0.15) is 13.2 Å². The van der Waals surface area contributed by atoms with E-state index >= 15 is 4.39 Å². The molecule has 1 N–H and O–H groups in total. The summed E-state index contributed by atoms with van der Waals surface area (Å²) in [6, 6.07) is 11.5. The van der Waals surface area contributed by atoms with Crippen LogP contribution < -0.4 is 4.74 Å². The average Bonchev–Trinajstić information content (AvgIpc) is 3.39. The minimum absolute atomic E-state index is 0.00617. The summed E-state index contributed by atoms with van der Waals surface area (Å²) < 4.78 is 92.8. The van der Waals surface area contributed by atoms with Crippen molar-refractivity contribution in [1.29, 1.82) is 0 Å². The number of carbonyl (C=O) groups is 1. The predicted octanol–water partition coefficient (Wildman–Crippen LogP) is 5.94. The van der Waals surface area contributed by atoms with E-state index in [1.807, 2.05) is 18.2 Å². The molecule has 3 aromatic rings. The van der Waals surface area contributed by atoms with E-state index in [0.717, 1.165) is 19.2 Å². The van der Waals surface area contributed by atoms with Crippen LogP contribution in [0, 0.1) is 18.6 Å². The quantitative estimate of drug-likeness (QED) is 0.333. The number of rotatable bonds is 7. The van der Waals surface area contributed by atoms with Gasteiger partial charge in [0.2, 0.25) is 0 Å². The lowest BCUT2D eigenvalue weighted by Crippen LogP contribution is -2.39. The zero-order valence-corrected chi connectivity index (χ0v) is 23.1. The fraction of sp³-hybridized carbons (Fsp3) is 0.385. The van der Waals surface area contributed by atoms with Crippen molar-refractivity contribution in [1.82, 2.24) is 9.88 Å². The molecule has 1 aliphatic rings. The van der Waals surface area contributed by atoms with Gasteiger partial charge in [-0.05, 0) is 32.3 Å². The summed E-state index contributed by atoms with van der Waals surface area (Å²) >= 11 is 1.22. The number of nitrogens with zero attached hydrogens (tertiary/aromatic N) is 2. The average molecular weight is 607 g/mol. The number of aromatic nitrogens is 1. The molecule has 2 heterocycles. The molecule has 1 saturated heterocycles. The highest BCUT2D eigenvalue weighted by atomic mass is 32.2. The van der Waals surface area contributed by atoms with Crippen molar-refractivity contribution < 1.29 is 45.0 Å². The number of likely N-dealkylation sites (tertiary alicyclic amines) is 1. The summed E-state index contributed by atoms with van der Waals surface area (Å²) in [4.78, 5) is 14.2. The van der Waals surface area contributed by atoms with Crippen LogP contribution in [0.4, 0.5) is 22.0 Å². The fourth-order valence-electron chi connectivity index (χ4n) is 4.16. The van der Waals surface area contributed by atoms with Gasteiger partial charge in [-0.1, -0.05) is 30.3 Å². The van der Waals surface area contributed by atoms with Crippen LogP contribution in [0.25, 0.3) is 0 Å². The summed E-state index contributed by atoms with van der Waals surface area (Å²) in [7, 11) is -4.23. The first-order valence-electron chi connectivity index (χ1n) is 12.0. The highest BCUT2D eigenvalue weighted by Crippen LogP contribution is 2.33. The number of carboxylic acids is 1. The molecule has 1 aliphatic heterocycles. The number of thiazole rings is 1. The number of hydrogen-bond acceptors (Lipinski definition) is 7. The van der Waals surface area contributed by atoms with Crippen LogP contribution >= 0.6 is 11.3 Å². The summed E-state index contributed by atoms with van der Waals surface area (Å²) in [6.45, 7) is 5.17. The Morgan fingerprint density at radius 1 is 1.20 bits per heavy atom. The van der Waals surface area contributed by atoms with Gasteiger partial charge in [0.15, 0.2) is 15.7 Å². The van der Waals surface area contributed by atoms with Gasteiger partial charge in [0, 0.05) is 36.1 Å².